The van der Waals surface area contributed by atoms with Crippen LogP contribution in [0.25, 0.3) is 6.08 Å². The number of carbonyl (C=O) groups is 1. The fourth-order valence-electron chi connectivity index (χ4n) is 2.56. The van der Waals surface area contributed by atoms with Gasteiger partial charge < -0.3 is 9.47 Å². The molecule has 18 heavy (non-hydrogen) atoms. The zero-order valence-electron chi connectivity index (χ0n) is 10.1. The van der Waals surface area contributed by atoms with Crippen molar-refractivity contribution in [2.45, 2.75) is 37.6 Å². The van der Waals surface area contributed by atoms with Crippen molar-refractivity contribution in [1.29, 1.82) is 0 Å². The molecular formula is C15H16O3. The molecule has 0 aliphatic carbocycles. The quantitative estimate of drug-likeness (QED) is 0.750. The lowest BCUT2D eigenvalue weighted by atomic mass is 9.96. The van der Waals surface area contributed by atoms with Crippen LogP contribution in [0.1, 0.15) is 24.8 Å². The van der Waals surface area contributed by atoms with Crippen LogP contribution in [-0.2, 0) is 14.3 Å². The number of esters is 1. The number of rotatable bonds is 2. The van der Waals surface area contributed by atoms with Crippen molar-refractivity contribution in [3.8, 4) is 0 Å². The molecular weight excluding hydrogens is 228 g/mol. The first kappa shape index (κ1) is 11.5. The fraction of sp³-hybridized carbons (Fsp3) is 0.400. The maximum Gasteiger partial charge on any atom is 0.308 e. The third-order valence-electron chi connectivity index (χ3n) is 3.38. The predicted molar refractivity (Wildman–Crippen MR) is 67.9 cm³/mol. The number of benzene rings is 1. The van der Waals surface area contributed by atoms with Crippen molar-refractivity contribution in [3.05, 3.63) is 42.0 Å². The third-order valence-corrected chi connectivity index (χ3v) is 3.38. The molecule has 0 spiro atoms. The molecule has 2 aliphatic heterocycles. The Kier molecular flexibility index (Phi) is 3.15. The summed E-state index contributed by atoms with van der Waals surface area (Å²) in [6.07, 6.45) is 6.27. The molecule has 3 rings (SSSR count). The molecule has 1 aromatic carbocycles. The van der Waals surface area contributed by atoms with Crippen LogP contribution in [0.5, 0.6) is 0 Å². The maximum absolute atomic E-state index is 11.2. The average Bonchev–Trinajstić information content (AvgIpc) is 2.36. The highest BCUT2D eigenvalue weighted by atomic mass is 16.6. The minimum Gasteiger partial charge on any atom is -0.462 e. The molecule has 0 aromatic heterocycles. The summed E-state index contributed by atoms with van der Waals surface area (Å²) >= 11 is 0. The van der Waals surface area contributed by atoms with Crippen molar-refractivity contribution < 1.29 is 14.3 Å². The molecule has 0 unspecified atom stereocenters. The van der Waals surface area contributed by atoms with Gasteiger partial charge in [-0.1, -0.05) is 42.5 Å². The van der Waals surface area contributed by atoms with Crippen LogP contribution in [0.2, 0.25) is 0 Å². The summed E-state index contributed by atoms with van der Waals surface area (Å²) in [6, 6.07) is 10.1. The van der Waals surface area contributed by atoms with Crippen molar-refractivity contribution in [2.24, 2.45) is 0 Å². The van der Waals surface area contributed by atoms with E-state index in [0.717, 1.165) is 18.4 Å². The Morgan fingerprint density at radius 3 is 2.72 bits per heavy atom. The monoisotopic (exact) mass is 244 g/mol. The zero-order chi connectivity index (χ0) is 12.4. The summed E-state index contributed by atoms with van der Waals surface area (Å²) in [4.78, 5) is 11.2. The number of hydrogen-bond donors (Lipinski definition) is 0. The van der Waals surface area contributed by atoms with E-state index in [0.29, 0.717) is 6.42 Å². The van der Waals surface area contributed by atoms with Crippen LogP contribution in [-0.4, -0.2) is 24.3 Å². The normalized spacial score (nSPS) is 31.3. The number of hydrogen-bond acceptors (Lipinski definition) is 3. The van der Waals surface area contributed by atoms with Gasteiger partial charge in [0.25, 0.3) is 0 Å². The smallest absolute Gasteiger partial charge is 0.308 e. The van der Waals surface area contributed by atoms with Gasteiger partial charge in [0, 0.05) is 12.8 Å². The van der Waals surface area contributed by atoms with E-state index in [1.807, 2.05) is 18.2 Å². The fourth-order valence-corrected chi connectivity index (χ4v) is 2.56. The second kappa shape index (κ2) is 4.94. The van der Waals surface area contributed by atoms with Crippen LogP contribution in [0.15, 0.2) is 36.4 Å². The Morgan fingerprint density at radius 1 is 1.11 bits per heavy atom. The highest BCUT2D eigenvalue weighted by Gasteiger charge is 2.36. The molecule has 2 fully saturated rings. The number of fused-ring (bicyclic) bond motifs is 2. The average molecular weight is 244 g/mol. The largest absolute Gasteiger partial charge is 0.462 e. The van der Waals surface area contributed by atoms with Crippen LogP contribution < -0.4 is 0 Å². The topological polar surface area (TPSA) is 35.5 Å². The molecule has 0 N–H and O–H groups in total. The van der Waals surface area contributed by atoms with Gasteiger partial charge in [0.1, 0.15) is 6.10 Å². The van der Waals surface area contributed by atoms with Gasteiger partial charge in [-0.05, 0) is 5.56 Å². The second-order valence-corrected chi connectivity index (χ2v) is 4.85. The lowest BCUT2D eigenvalue weighted by Gasteiger charge is -2.37. The molecule has 3 heteroatoms. The van der Waals surface area contributed by atoms with Crippen molar-refractivity contribution >= 4 is 12.0 Å². The van der Waals surface area contributed by atoms with E-state index in [4.69, 9.17) is 9.47 Å². The SMILES string of the molecule is O=C1C[C@H]2C[C@H](C[C@@H](/C=C/c3ccccc3)O2)O1. The van der Waals surface area contributed by atoms with E-state index in [1.54, 1.807) is 0 Å². The van der Waals surface area contributed by atoms with E-state index in [2.05, 4.69) is 24.3 Å². The predicted octanol–water partition coefficient (Wildman–Crippen LogP) is 2.56. The molecule has 2 aliphatic rings. The first-order valence-corrected chi connectivity index (χ1v) is 6.38. The van der Waals surface area contributed by atoms with Crippen LogP contribution >= 0.6 is 0 Å². The van der Waals surface area contributed by atoms with Gasteiger partial charge in [-0.2, -0.15) is 0 Å². The minimum atomic E-state index is -0.123. The highest BCUT2D eigenvalue weighted by Crippen LogP contribution is 2.29. The Bertz CT molecular complexity index is 436. The summed E-state index contributed by atoms with van der Waals surface area (Å²) in [5.41, 5.74) is 1.16. The van der Waals surface area contributed by atoms with Crippen LogP contribution in [0.3, 0.4) is 0 Å². The zero-order valence-corrected chi connectivity index (χ0v) is 10.1. The van der Waals surface area contributed by atoms with Gasteiger partial charge in [0.05, 0.1) is 18.6 Å². The second-order valence-electron chi connectivity index (χ2n) is 4.85. The van der Waals surface area contributed by atoms with Crippen LogP contribution in [0, 0.1) is 0 Å². The molecule has 94 valence electrons. The molecule has 0 radical (unpaired) electrons. The molecule has 3 nitrogen and oxygen atoms in total. The molecule has 0 amide bonds. The Balaban J connectivity index is 1.65. The molecule has 0 saturated carbocycles. The first-order chi connectivity index (χ1) is 8.79. The maximum atomic E-state index is 11.2. The van der Waals surface area contributed by atoms with Gasteiger partial charge in [0.2, 0.25) is 0 Å². The van der Waals surface area contributed by atoms with Gasteiger partial charge in [0.15, 0.2) is 0 Å². The number of carbonyl (C=O) groups excluding carboxylic acids is 1. The molecule has 2 saturated heterocycles. The first-order valence-electron chi connectivity index (χ1n) is 6.38. The molecule has 3 atom stereocenters. The standard InChI is InChI=1S/C15H16O3/c16-15-10-14-9-13(18-15)8-12(17-14)7-6-11-4-2-1-3-5-11/h1-7,12-14H,8-10H2/b7-6+/t12-,13+,14-/m1/s1. The summed E-state index contributed by atoms with van der Waals surface area (Å²) in [5.74, 6) is -0.123. The van der Waals surface area contributed by atoms with Gasteiger partial charge >= 0.3 is 5.97 Å². The number of ether oxygens (including phenoxy) is 2. The Morgan fingerprint density at radius 2 is 1.94 bits per heavy atom. The van der Waals surface area contributed by atoms with Gasteiger partial charge in [-0.15, -0.1) is 0 Å². The van der Waals surface area contributed by atoms with Crippen molar-refractivity contribution in [3.63, 3.8) is 0 Å². The summed E-state index contributed by atoms with van der Waals surface area (Å²) in [6.45, 7) is 0. The third kappa shape index (κ3) is 2.62. The lowest BCUT2D eigenvalue weighted by molar-refractivity contribution is -0.179. The lowest BCUT2D eigenvalue weighted by Crippen LogP contribution is -2.43. The summed E-state index contributed by atoms with van der Waals surface area (Å²) in [7, 11) is 0. The molecule has 2 bridgehead atoms. The van der Waals surface area contributed by atoms with Crippen LogP contribution in [0.4, 0.5) is 0 Å². The summed E-state index contributed by atoms with van der Waals surface area (Å²) < 4.78 is 11.1. The van der Waals surface area contributed by atoms with E-state index < -0.39 is 0 Å². The van der Waals surface area contributed by atoms with Gasteiger partial charge in [-0.25, -0.2) is 0 Å². The van der Waals surface area contributed by atoms with Gasteiger partial charge in [-0.3, -0.25) is 4.79 Å². The van der Waals surface area contributed by atoms with E-state index in [1.165, 1.54) is 0 Å². The molecule has 2 heterocycles. The minimum absolute atomic E-state index is 0.0374. The molecule has 1 aromatic rings. The Labute approximate surface area is 106 Å². The summed E-state index contributed by atoms with van der Waals surface area (Å²) in [5, 5.41) is 0. The highest BCUT2D eigenvalue weighted by molar-refractivity contribution is 5.71. The van der Waals surface area contributed by atoms with Crippen molar-refractivity contribution in [1.82, 2.24) is 0 Å². The van der Waals surface area contributed by atoms with Crippen molar-refractivity contribution in [2.75, 3.05) is 0 Å². The van der Waals surface area contributed by atoms with E-state index in [9.17, 15) is 4.79 Å². The van der Waals surface area contributed by atoms with E-state index in [-0.39, 0.29) is 24.3 Å². The van der Waals surface area contributed by atoms with E-state index >= 15 is 0 Å². The Hall–Kier alpha value is -1.61.